The Morgan fingerprint density at radius 2 is 1.45 bits per heavy atom. The highest BCUT2D eigenvalue weighted by Gasteiger charge is 2.01. The van der Waals surface area contributed by atoms with E-state index in [1.165, 1.54) is 11.6 Å². The van der Waals surface area contributed by atoms with Crippen LogP contribution >= 0.6 is 0 Å². The largest absolute Gasteiger partial charge is 0.265 e. The van der Waals surface area contributed by atoms with Crippen LogP contribution in [0.3, 0.4) is 0 Å². The quantitative estimate of drug-likeness (QED) is 0.591. The fraction of sp³-hybridized carbons (Fsp3) is 0.0500. The predicted octanol–water partition coefficient (Wildman–Crippen LogP) is 5.37. The van der Waals surface area contributed by atoms with E-state index in [9.17, 15) is 4.39 Å². The Morgan fingerprint density at radius 1 is 0.773 bits per heavy atom. The summed E-state index contributed by atoms with van der Waals surface area (Å²) in [5, 5.41) is 0. The molecule has 2 heteroatoms. The molecule has 0 saturated carbocycles. The van der Waals surface area contributed by atoms with Crippen molar-refractivity contribution in [3.63, 3.8) is 0 Å². The maximum absolute atomic E-state index is 13.8. The zero-order valence-corrected chi connectivity index (χ0v) is 12.3. The average Bonchev–Trinajstić information content (AvgIpc) is 2.55. The molecule has 0 amide bonds. The summed E-state index contributed by atoms with van der Waals surface area (Å²) in [4.78, 5) is 3.99. The fourth-order valence-electron chi connectivity index (χ4n) is 2.29. The second-order valence-corrected chi connectivity index (χ2v) is 5.25. The van der Waals surface area contributed by atoms with E-state index in [-0.39, 0.29) is 5.82 Å². The van der Waals surface area contributed by atoms with E-state index in [0.717, 1.165) is 22.3 Å². The van der Waals surface area contributed by atoms with Crippen molar-refractivity contribution in [1.29, 1.82) is 0 Å². The first kappa shape index (κ1) is 14.2. The van der Waals surface area contributed by atoms with Gasteiger partial charge in [0, 0.05) is 12.4 Å². The van der Waals surface area contributed by atoms with Gasteiger partial charge in [0.1, 0.15) is 5.82 Å². The van der Waals surface area contributed by atoms with Crippen molar-refractivity contribution in [2.24, 2.45) is 0 Å². The number of benzene rings is 2. The first-order valence-corrected chi connectivity index (χ1v) is 7.16. The van der Waals surface area contributed by atoms with Crippen molar-refractivity contribution in [2.75, 3.05) is 0 Å². The number of aromatic nitrogens is 1. The first-order valence-electron chi connectivity index (χ1n) is 7.16. The number of hydrogen-bond acceptors (Lipinski definition) is 1. The number of rotatable bonds is 3. The summed E-state index contributed by atoms with van der Waals surface area (Å²) in [5.74, 6) is -0.238. The molecule has 0 spiro atoms. The van der Waals surface area contributed by atoms with Gasteiger partial charge < -0.3 is 0 Å². The minimum Gasteiger partial charge on any atom is -0.265 e. The van der Waals surface area contributed by atoms with Gasteiger partial charge >= 0.3 is 0 Å². The molecule has 0 unspecified atom stereocenters. The lowest BCUT2D eigenvalue weighted by molar-refractivity contribution is 0.628. The zero-order valence-electron chi connectivity index (χ0n) is 12.3. The normalized spacial score (nSPS) is 11.0. The molecule has 1 nitrogen and oxygen atoms in total. The molecule has 1 heterocycles. The van der Waals surface area contributed by atoms with Gasteiger partial charge in [-0.3, -0.25) is 4.98 Å². The van der Waals surface area contributed by atoms with E-state index in [4.69, 9.17) is 0 Å². The van der Waals surface area contributed by atoms with Gasteiger partial charge in [0.25, 0.3) is 0 Å². The maximum Gasteiger partial charge on any atom is 0.124 e. The second-order valence-electron chi connectivity index (χ2n) is 5.25. The molecule has 0 aliphatic rings. The molecule has 0 saturated heterocycles. The van der Waals surface area contributed by atoms with Gasteiger partial charge in [-0.2, -0.15) is 0 Å². The van der Waals surface area contributed by atoms with Crippen LogP contribution in [0.25, 0.3) is 23.3 Å². The molecule has 3 aromatic rings. The Hall–Kier alpha value is -2.74. The third-order valence-electron chi connectivity index (χ3n) is 3.48. The number of pyridine rings is 1. The number of halogens is 1. The Balaban J connectivity index is 1.91. The lowest BCUT2D eigenvalue weighted by atomic mass is 10.0. The molecule has 0 N–H and O–H groups in total. The highest BCUT2D eigenvalue weighted by Crippen LogP contribution is 2.22. The molecular weight excluding hydrogens is 273 g/mol. The lowest BCUT2D eigenvalue weighted by Crippen LogP contribution is -1.84. The van der Waals surface area contributed by atoms with Crippen molar-refractivity contribution in [1.82, 2.24) is 4.98 Å². The van der Waals surface area contributed by atoms with Gasteiger partial charge in [-0.15, -0.1) is 0 Å². The minimum atomic E-state index is -0.238. The van der Waals surface area contributed by atoms with Crippen molar-refractivity contribution < 1.29 is 4.39 Å². The van der Waals surface area contributed by atoms with Crippen LogP contribution in [0.4, 0.5) is 4.39 Å². The minimum absolute atomic E-state index is 0.238. The van der Waals surface area contributed by atoms with Crippen molar-refractivity contribution in [2.45, 2.75) is 6.92 Å². The third-order valence-corrected chi connectivity index (χ3v) is 3.48. The van der Waals surface area contributed by atoms with E-state index in [1.807, 2.05) is 30.4 Å². The fourth-order valence-corrected chi connectivity index (χ4v) is 2.29. The van der Waals surface area contributed by atoms with Gasteiger partial charge in [-0.25, -0.2) is 4.39 Å². The predicted molar refractivity (Wildman–Crippen MR) is 89.7 cm³/mol. The van der Waals surface area contributed by atoms with Crippen LogP contribution in [0.15, 0.2) is 67.0 Å². The summed E-state index contributed by atoms with van der Waals surface area (Å²) in [7, 11) is 0. The third kappa shape index (κ3) is 3.47. The topological polar surface area (TPSA) is 12.9 Å². The molecular formula is C20H16FN. The smallest absolute Gasteiger partial charge is 0.124 e. The maximum atomic E-state index is 13.8. The Morgan fingerprint density at radius 3 is 2.18 bits per heavy atom. The van der Waals surface area contributed by atoms with Gasteiger partial charge in [0.05, 0.1) is 0 Å². The van der Waals surface area contributed by atoms with E-state index in [0.29, 0.717) is 0 Å². The van der Waals surface area contributed by atoms with Gasteiger partial charge in [0.15, 0.2) is 0 Å². The summed E-state index contributed by atoms with van der Waals surface area (Å²) in [5.41, 5.74) is 4.97. The van der Waals surface area contributed by atoms with Crippen LogP contribution in [0, 0.1) is 12.7 Å². The highest BCUT2D eigenvalue weighted by atomic mass is 19.1. The van der Waals surface area contributed by atoms with Crippen LogP contribution in [-0.2, 0) is 0 Å². The van der Waals surface area contributed by atoms with Crippen molar-refractivity contribution >= 4 is 12.2 Å². The molecule has 0 bridgehead atoms. The summed E-state index contributed by atoms with van der Waals surface area (Å²) < 4.78 is 13.8. The van der Waals surface area contributed by atoms with E-state index in [2.05, 4.69) is 36.2 Å². The molecule has 0 aliphatic carbocycles. The molecule has 108 valence electrons. The number of aryl methyl sites for hydroxylation is 1. The second kappa shape index (κ2) is 6.35. The monoisotopic (exact) mass is 289 g/mol. The van der Waals surface area contributed by atoms with Crippen LogP contribution in [-0.4, -0.2) is 4.98 Å². The van der Waals surface area contributed by atoms with Gasteiger partial charge in [-0.1, -0.05) is 42.0 Å². The van der Waals surface area contributed by atoms with Crippen molar-refractivity contribution in [3.05, 3.63) is 89.5 Å². The number of nitrogens with zero attached hydrogens (tertiary/aromatic N) is 1. The molecule has 0 fully saturated rings. The molecule has 3 rings (SSSR count). The summed E-state index contributed by atoms with van der Waals surface area (Å²) in [6, 6.07) is 17.0. The first-order chi connectivity index (χ1) is 10.7. The van der Waals surface area contributed by atoms with E-state index >= 15 is 0 Å². The Bertz CT molecular complexity index is 790. The van der Waals surface area contributed by atoms with E-state index in [1.54, 1.807) is 18.5 Å². The summed E-state index contributed by atoms with van der Waals surface area (Å²) in [6.45, 7) is 2.06. The van der Waals surface area contributed by atoms with Crippen LogP contribution in [0.1, 0.15) is 16.7 Å². The van der Waals surface area contributed by atoms with Crippen LogP contribution < -0.4 is 0 Å². The molecule has 0 aliphatic heterocycles. The van der Waals surface area contributed by atoms with Gasteiger partial charge in [-0.05, 0) is 59.5 Å². The molecule has 0 radical (unpaired) electrons. The summed E-state index contributed by atoms with van der Waals surface area (Å²) >= 11 is 0. The van der Waals surface area contributed by atoms with Crippen LogP contribution in [0.2, 0.25) is 0 Å². The Labute approximate surface area is 129 Å². The van der Waals surface area contributed by atoms with E-state index < -0.39 is 0 Å². The number of hydrogen-bond donors (Lipinski definition) is 0. The summed E-state index contributed by atoms with van der Waals surface area (Å²) in [6.07, 6.45) is 7.34. The molecule has 0 atom stereocenters. The Kier molecular flexibility index (Phi) is 4.10. The van der Waals surface area contributed by atoms with Crippen LogP contribution in [0.5, 0.6) is 0 Å². The molecule has 1 aromatic heterocycles. The lowest BCUT2D eigenvalue weighted by Gasteiger charge is -2.04. The van der Waals surface area contributed by atoms with Gasteiger partial charge in [0.2, 0.25) is 0 Å². The SMILES string of the molecule is Cc1ccc(/C=C/c2cc(F)cc(-c3ccncc3)c2)cc1. The highest BCUT2D eigenvalue weighted by molar-refractivity contribution is 5.73. The standard InChI is InChI=1S/C20H16FN/c1-15-2-4-16(5-3-15)6-7-17-12-19(14-20(21)13-17)18-8-10-22-11-9-18/h2-14H,1H3/b7-6+. The van der Waals surface area contributed by atoms with Crippen molar-refractivity contribution in [3.8, 4) is 11.1 Å². The molecule has 22 heavy (non-hydrogen) atoms. The average molecular weight is 289 g/mol. The zero-order chi connectivity index (χ0) is 15.4. The molecule has 2 aromatic carbocycles.